The van der Waals surface area contributed by atoms with Crippen LogP contribution in [0.15, 0.2) is 47.8 Å². The van der Waals surface area contributed by atoms with E-state index in [-0.39, 0.29) is 11.4 Å². The Labute approximate surface area is 153 Å². The number of nitrogens with two attached hydrogens (primary N) is 1. The summed E-state index contributed by atoms with van der Waals surface area (Å²) in [7, 11) is 0. The molecule has 0 spiro atoms. The van der Waals surface area contributed by atoms with E-state index >= 15 is 0 Å². The molecule has 1 heterocycles. The monoisotopic (exact) mass is 375 g/mol. The summed E-state index contributed by atoms with van der Waals surface area (Å²) < 4.78 is 2.11. The van der Waals surface area contributed by atoms with Crippen LogP contribution in [0.25, 0.3) is 11.3 Å². The lowest BCUT2D eigenvalue weighted by Crippen LogP contribution is -2.35. The van der Waals surface area contributed by atoms with Gasteiger partial charge in [0.15, 0.2) is 0 Å². The zero-order valence-electron chi connectivity index (χ0n) is 13.4. The average Bonchev–Trinajstić information content (AvgIpc) is 2.99. The molecule has 0 aliphatic carbocycles. The van der Waals surface area contributed by atoms with E-state index < -0.39 is 4.92 Å². The lowest BCUT2D eigenvalue weighted by Gasteiger charge is -2.04. The van der Waals surface area contributed by atoms with Crippen molar-refractivity contribution >= 4 is 45.1 Å². The predicted octanol–water partition coefficient (Wildman–Crippen LogP) is 4.61. The quantitative estimate of drug-likeness (QED) is 0.295. The number of hydrogen-bond donors (Lipinski definition) is 2. The van der Waals surface area contributed by atoms with Crippen LogP contribution in [-0.4, -0.2) is 4.92 Å². The Morgan fingerprint density at radius 1 is 1.28 bits per heavy atom. The number of nitro groups is 1. The van der Waals surface area contributed by atoms with Gasteiger partial charge in [0, 0.05) is 16.0 Å². The number of aromatic nitrogens is 1. The fourth-order valence-corrected chi connectivity index (χ4v) is 3.65. The average molecular weight is 376 g/mol. The molecule has 0 amide bonds. The van der Waals surface area contributed by atoms with Gasteiger partial charge in [0.2, 0.25) is 0 Å². The maximum absolute atomic E-state index is 11.1. The van der Waals surface area contributed by atoms with Crippen LogP contribution in [0.2, 0.25) is 5.02 Å². The van der Waals surface area contributed by atoms with Crippen LogP contribution in [0.4, 0.5) is 22.2 Å². The maximum Gasteiger partial charge on any atom is 0.339 e. The topological polar surface area (TPSA) is 85.1 Å². The van der Waals surface area contributed by atoms with Crippen LogP contribution >= 0.6 is 22.9 Å². The van der Waals surface area contributed by atoms with Gasteiger partial charge in [0.05, 0.1) is 17.5 Å². The van der Waals surface area contributed by atoms with Gasteiger partial charge < -0.3 is 5.73 Å². The molecule has 0 aliphatic heterocycles. The third-order valence-electron chi connectivity index (χ3n) is 3.75. The van der Waals surface area contributed by atoms with Crippen LogP contribution < -0.4 is 15.6 Å². The second-order valence-corrected chi connectivity index (χ2v) is 6.63. The van der Waals surface area contributed by atoms with Crippen LogP contribution in [0, 0.1) is 10.1 Å². The fraction of sp³-hybridized carbons (Fsp3) is 0.118. The van der Waals surface area contributed by atoms with Crippen LogP contribution in [0.1, 0.15) is 6.92 Å². The third-order valence-corrected chi connectivity index (χ3v) is 4.89. The minimum Gasteiger partial charge on any atom is -0.393 e. The Kier molecular flexibility index (Phi) is 4.87. The third kappa shape index (κ3) is 3.57. The molecule has 0 atom stereocenters. The molecule has 1 aromatic heterocycles. The summed E-state index contributed by atoms with van der Waals surface area (Å²) in [4.78, 5) is 10.6. The molecule has 6 nitrogen and oxygen atoms in total. The van der Waals surface area contributed by atoms with E-state index in [2.05, 4.69) is 9.88 Å². The first-order valence-corrected chi connectivity index (χ1v) is 8.83. The predicted molar refractivity (Wildman–Crippen MR) is 101 cm³/mol. The molecule has 0 saturated heterocycles. The summed E-state index contributed by atoms with van der Waals surface area (Å²) in [5.74, 6) is 0. The van der Waals surface area contributed by atoms with Gasteiger partial charge in [-0.05, 0) is 43.3 Å². The van der Waals surface area contributed by atoms with E-state index in [0.717, 1.165) is 22.9 Å². The summed E-state index contributed by atoms with van der Waals surface area (Å²) in [6, 6.07) is 12.3. The number of benzene rings is 2. The first kappa shape index (κ1) is 17.2. The first-order valence-electron chi connectivity index (χ1n) is 7.57. The van der Waals surface area contributed by atoms with Crippen molar-refractivity contribution in [2.45, 2.75) is 13.5 Å². The van der Waals surface area contributed by atoms with Crippen LogP contribution in [0.3, 0.4) is 0 Å². The molecule has 25 heavy (non-hydrogen) atoms. The molecule has 3 N–H and O–H groups in total. The smallest absolute Gasteiger partial charge is 0.339 e. The molecule has 0 aliphatic rings. The van der Waals surface area contributed by atoms with Gasteiger partial charge in [-0.3, -0.25) is 10.1 Å². The van der Waals surface area contributed by atoms with E-state index in [1.807, 2.05) is 36.6 Å². The number of nitro benzene ring substituents is 1. The molecule has 0 bridgehead atoms. The highest BCUT2D eigenvalue weighted by Crippen LogP contribution is 2.30. The standard InChI is InChI=1S/C17H15ClN4O2S/c1-2-21-16(11-3-5-12(18)6-4-11)10-25-17(21)20-13-7-8-14(19)15(9-13)22(23)24/h3-10H,2,19H2,1H3/p+1. The summed E-state index contributed by atoms with van der Waals surface area (Å²) in [6.07, 6.45) is 0. The minimum atomic E-state index is -0.484. The molecule has 0 radical (unpaired) electrons. The number of anilines is 3. The van der Waals surface area contributed by atoms with E-state index in [0.29, 0.717) is 10.7 Å². The van der Waals surface area contributed by atoms with Crippen molar-refractivity contribution in [3.8, 4) is 11.3 Å². The van der Waals surface area contributed by atoms with Crippen molar-refractivity contribution in [3.63, 3.8) is 0 Å². The Balaban J connectivity index is 1.95. The first-order chi connectivity index (χ1) is 12.0. The van der Waals surface area contributed by atoms with Crippen LogP contribution in [0.5, 0.6) is 0 Å². The highest BCUT2D eigenvalue weighted by molar-refractivity contribution is 7.13. The second kappa shape index (κ2) is 7.08. The molecule has 3 aromatic rings. The number of hydrogen-bond acceptors (Lipinski definition) is 5. The van der Waals surface area contributed by atoms with E-state index in [9.17, 15) is 10.1 Å². The maximum atomic E-state index is 11.1. The number of nitrogens with zero attached hydrogens (tertiary/aromatic N) is 2. The van der Waals surface area contributed by atoms with Crippen LogP contribution in [-0.2, 0) is 6.54 Å². The van der Waals surface area contributed by atoms with Gasteiger partial charge in [-0.25, -0.2) is 9.88 Å². The second-order valence-electron chi connectivity index (χ2n) is 5.33. The van der Waals surface area contributed by atoms with E-state index in [1.54, 1.807) is 6.07 Å². The summed E-state index contributed by atoms with van der Waals surface area (Å²) in [5.41, 5.74) is 8.41. The van der Waals surface area contributed by atoms with Crippen molar-refractivity contribution in [2.75, 3.05) is 11.1 Å². The summed E-state index contributed by atoms with van der Waals surface area (Å²) in [6.45, 7) is 2.80. The number of nitrogen functional groups attached to an aromatic ring is 1. The number of thiazole rings is 1. The molecule has 0 saturated carbocycles. The molecular formula is C17H16ClN4O2S+. The van der Waals surface area contributed by atoms with Crippen molar-refractivity contribution in [1.82, 2.24) is 0 Å². The Morgan fingerprint density at radius 2 is 2.00 bits per heavy atom. The van der Waals surface area contributed by atoms with Crippen molar-refractivity contribution in [1.29, 1.82) is 0 Å². The van der Waals surface area contributed by atoms with Gasteiger partial charge in [0.1, 0.15) is 17.1 Å². The highest BCUT2D eigenvalue weighted by atomic mass is 35.5. The van der Waals surface area contributed by atoms with Gasteiger partial charge in [-0.1, -0.05) is 22.9 Å². The molecule has 0 unspecified atom stereocenters. The van der Waals surface area contributed by atoms with E-state index in [1.165, 1.54) is 23.5 Å². The van der Waals surface area contributed by atoms with Crippen molar-refractivity contribution in [3.05, 3.63) is 63.0 Å². The molecule has 2 aromatic carbocycles. The molecule has 3 rings (SSSR count). The van der Waals surface area contributed by atoms with E-state index in [4.69, 9.17) is 17.3 Å². The Morgan fingerprint density at radius 3 is 2.64 bits per heavy atom. The minimum absolute atomic E-state index is 0.109. The molecule has 0 fully saturated rings. The van der Waals surface area contributed by atoms with Crippen molar-refractivity contribution < 1.29 is 9.49 Å². The number of rotatable bonds is 5. The summed E-state index contributed by atoms with van der Waals surface area (Å²) >= 11 is 7.49. The van der Waals surface area contributed by atoms with Gasteiger partial charge in [-0.15, -0.1) is 0 Å². The Hall–Kier alpha value is -2.64. The highest BCUT2D eigenvalue weighted by Gasteiger charge is 2.20. The molecular weight excluding hydrogens is 360 g/mol. The SMILES string of the molecule is CC[n+]1c(-c2ccc(Cl)cc2)csc1Nc1ccc(N)c([N+](=O)[O-])c1. The lowest BCUT2D eigenvalue weighted by atomic mass is 10.2. The molecule has 8 heteroatoms. The molecule has 128 valence electrons. The Bertz CT molecular complexity index is 925. The number of halogens is 1. The van der Waals surface area contributed by atoms with Crippen molar-refractivity contribution in [2.24, 2.45) is 0 Å². The number of nitrogens with one attached hydrogen (secondary N) is 1. The summed E-state index contributed by atoms with van der Waals surface area (Å²) in [5, 5.41) is 17.9. The van der Waals surface area contributed by atoms with Gasteiger partial charge >= 0.3 is 5.13 Å². The van der Waals surface area contributed by atoms with Gasteiger partial charge in [-0.2, -0.15) is 0 Å². The largest absolute Gasteiger partial charge is 0.393 e. The lowest BCUT2D eigenvalue weighted by molar-refractivity contribution is -0.664. The van der Waals surface area contributed by atoms with Gasteiger partial charge in [0.25, 0.3) is 5.69 Å². The normalized spacial score (nSPS) is 10.6. The zero-order chi connectivity index (χ0) is 18.0. The fourth-order valence-electron chi connectivity index (χ4n) is 2.51. The zero-order valence-corrected chi connectivity index (χ0v) is 15.0.